The first kappa shape index (κ1) is 13.5. The normalized spacial score (nSPS) is 11.0. The van der Waals surface area contributed by atoms with Gasteiger partial charge in [-0.25, -0.2) is 4.98 Å². The highest BCUT2D eigenvalue weighted by Crippen LogP contribution is 2.33. The van der Waals surface area contributed by atoms with Gasteiger partial charge in [0.25, 0.3) is 0 Å². The third kappa shape index (κ3) is 2.14. The predicted molar refractivity (Wildman–Crippen MR) is 90.1 cm³/mol. The summed E-state index contributed by atoms with van der Waals surface area (Å²) in [5, 5.41) is 1.53. The molecule has 0 fully saturated rings. The van der Waals surface area contributed by atoms with E-state index in [9.17, 15) is 0 Å². The molecule has 0 spiro atoms. The van der Waals surface area contributed by atoms with Crippen molar-refractivity contribution < 1.29 is 0 Å². The molecular formula is C16H15ClN4. The van der Waals surface area contributed by atoms with Gasteiger partial charge in [0.1, 0.15) is 11.6 Å². The molecule has 0 bridgehead atoms. The van der Waals surface area contributed by atoms with Gasteiger partial charge < -0.3 is 16.0 Å². The minimum Gasteiger partial charge on any atom is -0.385 e. The van der Waals surface area contributed by atoms with Crippen molar-refractivity contribution in [1.82, 2.24) is 9.55 Å². The van der Waals surface area contributed by atoms with E-state index in [0.29, 0.717) is 22.4 Å². The number of fused-ring (bicyclic) bond motifs is 1. The molecule has 0 unspecified atom stereocenters. The van der Waals surface area contributed by atoms with E-state index in [1.54, 1.807) is 16.7 Å². The van der Waals surface area contributed by atoms with Crippen LogP contribution in [0.1, 0.15) is 5.56 Å². The van der Waals surface area contributed by atoms with Crippen LogP contribution in [0.3, 0.4) is 0 Å². The zero-order valence-corrected chi connectivity index (χ0v) is 12.4. The summed E-state index contributed by atoms with van der Waals surface area (Å²) < 4.78 is 1.72. The van der Waals surface area contributed by atoms with Crippen molar-refractivity contribution in [1.29, 1.82) is 0 Å². The molecule has 1 aromatic carbocycles. The maximum Gasteiger partial charge on any atom is 0.114 e. The van der Waals surface area contributed by atoms with E-state index >= 15 is 0 Å². The van der Waals surface area contributed by atoms with Gasteiger partial charge in [-0.2, -0.15) is 0 Å². The Morgan fingerprint density at radius 1 is 1.24 bits per heavy atom. The van der Waals surface area contributed by atoms with Gasteiger partial charge in [0.15, 0.2) is 0 Å². The maximum absolute atomic E-state index is 6.36. The molecule has 3 aromatic rings. The predicted octanol–water partition coefficient (Wildman–Crippen LogP) is 3.70. The summed E-state index contributed by atoms with van der Waals surface area (Å²) in [6.07, 6.45) is 1.77. The topological polar surface area (TPSA) is 69.9 Å². The molecule has 4 N–H and O–H groups in total. The van der Waals surface area contributed by atoms with Gasteiger partial charge in [-0.05, 0) is 23.8 Å². The first-order valence-corrected chi connectivity index (χ1v) is 6.83. The zero-order chi connectivity index (χ0) is 15.1. The van der Waals surface area contributed by atoms with Crippen molar-refractivity contribution >= 4 is 40.2 Å². The van der Waals surface area contributed by atoms with Crippen molar-refractivity contribution in [2.75, 3.05) is 11.5 Å². The largest absolute Gasteiger partial charge is 0.385 e. The van der Waals surface area contributed by atoms with Crippen LogP contribution in [0.2, 0.25) is 5.02 Å². The Balaban J connectivity index is 2.28. The number of hydrogen-bond donors (Lipinski definition) is 2. The minimum atomic E-state index is 0.565. The molecule has 0 aliphatic heterocycles. The van der Waals surface area contributed by atoms with Crippen LogP contribution < -0.4 is 11.5 Å². The molecule has 0 saturated carbocycles. The summed E-state index contributed by atoms with van der Waals surface area (Å²) in [5.74, 6) is 1.15. The van der Waals surface area contributed by atoms with Crippen LogP contribution in [0.5, 0.6) is 0 Å². The van der Waals surface area contributed by atoms with Crippen molar-refractivity contribution in [3.8, 4) is 11.3 Å². The number of nitrogen functional groups attached to an aromatic ring is 2. The van der Waals surface area contributed by atoms with E-state index < -0.39 is 0 Å². The fourth-order valence-corrected chi connectivity index (χ4v) is 2.57. The van der Waals surface area contributed by atoms with Crippen LogP contribution >= 0.6 is 11.6 Å². The van der Waals surface area contributed by atoms with Gasteiger partial charge in [0.2, 0.25) is 0 Å². The standard InChI is InChI=1S/C16H15ClN4/c1-3-9-4-5-10-12(17)8-14(20-13(10)6-9)11-7-15(18)21(2)16(11)19/h3-8H,1,18-19H2,2H3. The van der Waals surface area contributed by atoms with E-state index in [-0.39, 0.29) is 0 Å². The van der Waals surface area contributed by atoms with Crippen LogP contribution in [0, 0.1) is 0 Å². The highest BCUT2D eigenvalue weighted by Gasteiger charge is 2.13. The molecule has 3 rings (SSSR count). The molecule has 4 nitrogen and oxygen atoms in total. The number of nitrogens with zero attached hydrogens (tertiary/aromatic N) is 2. The SMILES string of the molecule is C=Cc1ccc2c(Cl)cc(-c3cc(N)n(C)c3N)nc2c1. The summed E-state index contributed by atoms with van der Waals surface area (Å²) in [6.45, 7) is 3.77. The summed E-state index contributed by atoms with van der Waals surface area (Å²) in [5.41, 5.74) is 15.2. The summed E-state index contributed by atoms with van der Waals surface area (Å²) in [4.78, 5) is 4.65. The minimum absolute atomic E-state index is 0.565. The first-order valence-electron chi connectivity index (χ1n) is 6.45. The highest BCUT2D eigenvalue weighted by atomic mass is 35.5. The number of benzene rings is 1. The van der Waals surface area contributed by atoms with E-state index in [1.807, 2.05) is 31.3 Å². The molecule has 0 atom stereocenters. The first-order chi connectivity index (χ1) is 10.0. The lowest BCUT2D eigenvalue weighted by Gasteiger charge is -2.06. The van der Waals surface area contributed by atoms with E-state index in [0.717, 1.165) is 22.0 Å². The molecule has 2 aromatic heterocycles. The smallest absolute Gasteiger partial charge is 0.114 e. The van der Waals surface area contributed by atoms with Gasteiger partial charge in [0.05, 0.1) is 16.2 Å². The van der Waals surface area contributed by atoms with E-state index in [1.165, 1.54) is 0 Å². The molecule has 0 saturated heterocycles. The Kier molecular flexibility index (Phi) is 3.11. The molecule has 2 heterocycles. The molecular weight excluding hydrogens is 284 g/mol. The van der Waals surface area contributed by atoms with Crippen molar-refractivity contribution in [2.24, 2.45) is 7.05 Å². The Morgan fingerprint density at radius 3 is 2.62 bits per heavy atom. The van der Waals surface area contributed by atoms with Crippen molar-refractivity contribution in [3.63, 3.8) is 0 Å². The van der Waals surface area contributed by atoms with Gasteiger partial charge >= 0.3 is 0 Å². The van der Waals surface area contributed by atoms with Gasteiger partial charge in [-0.3, -0.25) is 0 Å². The number of rotatable bonds is 2. The molecule has 0 radical (unpaired) electrons. The fraction of sp³-hybridized carbons (Fsp3) is 0.0625. The van der Waals surface area contributed by atoms with E-state index in [2.05, 4.69) is 11.6 Å². The molecule has 106 valence electrons. The number of nitrogens with two attached hydrogens (primary N) is 2. The Morgan fingerprint density at radius 2 is 2.00 bits per heavy atom. The van der Waals surface area contributed by atoms with Gasteiger partial charge in [-0.1, -0.05) is 36.4 Å². The van der Waals surface area contributed by atoms with Crippen LogP contribution in [0.25, 0.3) is 28.2 Å². The van der Waals surface area contributed by atoms with Crippen molar-refractivity contribution in [3.05, 3.63) is 47.5 Å². The van der Waals surface area contributed by atoms with Crippen LogP contribution in [-0.2, 0) is 7.05 Å². The Hall–Kier alpha value is -2.46. The maximum atomic E-state index is 6.36. The molecule has 0 aliphatic rings. The third-order valence-corrected chi connectivity index (χ3v) is 3.92. The molecule has 0 aliphatic carbocycles. The van der Waals surface area contributed by atoms with Crippen LogP contribution in [0.15, 0.2) is 36.9 Å². The second-order valence-electron chi connectivity index (χ2n) is 4.90. The summed E-state index contributed by atoms with van der Waals surface area (Å²) >= 11 is 6.36. The number of hydrogen-bond acceptors (Lipinski definition) is 3. The lowest BCUT2D eigenvalue weighted by molar-refractivity contribution is 0.955. The number of halogens is 1. The monoisotopic (exact) mass is 298 g/mol. The second-order valence-corrected chi connectivity index (χ2v) is 5.30. The number of pyridine rings is 1. The molecule has 0 amide bonds. The van der Waals surface area contributed by atoms with E-state index in [4.69, 9.17) is 23.1 Å². The third-order valence-electron chi connectivity index (χ3n) is 3.61. The average Bonchev–Trinajstić information content (AvgIpc) is 2.74. The fourth-order valence-electron chi connectivity index (χ4n) is 2.31. The van der Waals surface area contributed by atoms with Gasteiger partial charge in [0, 0.05) is 18.0 Å². The summed E-state index contributed by atoms with van der Waals surface area (Å²) in [6, 6.07) is 9.45. The molecule has 5 heteroatoms. The lowest BCUT2D eigenvalue weighted by atomic mass is 10.1. The second kappa shape index (κ2) is 4.82. The van der Waals surface area contributed by atoms with Gasteiger partial charge in [-0.15, -0.1) is 0 Å². The molecule has 21 heavy (non-hydrogen) atoms. The Labute approximate surface area is 127 Å². The van der Waals surface area contributed by atoms with Crippen molar-refractivity contribution in [2.45, 2.75) is 0 Å². The highest BCUT2D eigenvalue weighted by molar-refractivity contribution is 6.35. The quantitative estimate of drug-likeness (QED) is 0.758. The van der Waals surface area contributed by atoms with Crippen LogP contribution in [-0.4, -0.2) is 9.55 Å². The number of anilines is 2. The Bertz CT molecular complexity index is 864. The van der Waals surface area contributed by atoms with Crippen LogP contribution in [0.4, 0.5) is 11.6 Å². The number of aromatic nitrogens is 2. The average molecular weight is 299 g/mol. The zero-order valence-electron chi connectivity index (χ0n) is 11.6. The summed E-state index contributed by atoms with van der Waals surface area (Å²) in [7, 11) is 1.81. The lowest BCUT2D eigenvalue weighted by Crippen LogP contribution is -2.00.